The first-order valence-corrected chi connectivity index (χ1v) is 8.14. The Labute approximate surface area is 152 Å². The Bertz CT molecular complexity index is 1130. The van der Waals surface area contributed by atoms with Crippen LogP contribution < -0.4 is 9.47 Å². The minimum absolute atomic E-state index is 0.369. The number of methoxy groups -OCH3 is 2. The van der Waals surface area contributed by atoms with Gasteiger partial charge in [-0.15, -0.1) is 5.10 Å². The van der Waals surface area contributed by atoms with Crippen molar-refractivity contribution in [2.75, 3.05) is 14.2 Å². The van der Waals surface area contributed by atoms with Crippen molar-refractivity contribution in [1.82, 2.24) is 9.78 Å². The van der Waals surface area contributed by atoms with Crippen molar-refractivity contribution in [1.29, 1.82) is 0 Å². The van der Waals surface area contributed by atoms with E-state index in [-0.39, 0.29) is 0 Å². The lowest BCUT2D eigenvalue weighted by Gasteiger charge is -2.10. The van der Waals surface area contributed by atoms with Crippen LogP contribution >= 0.6 is 0 Å². The van der Waals surface area contributed by atoms with Crippen LogP contribution in [0, 0.1) is 0 Å². The van der Waals surface area contributed by atoms with E-state index >= 15 is 0 Å². The molecule has 0 aliphatic rings. The smallest absolute Gasteiger partial charge is 0.416 e. The standard InChI is InChI=1S/C20H15F3N2O2/c1-26-17-11-16-18(15-6-4-3-5-14(15)17)25(24-19(16)27-2)13-9-7-12(8-10-13)20(21,22)23/h3-11H,1-2H3. The van der Waals surface area contributed by atoms with Crippen molar-refractivity contribution in [3.8, 4) is 17.3 Å². The van der Waals surface area contributed by atoms with Crippen molar-refractivity contribution < 1.29 is 22.6 Å². The van der Waals surface area contributed by atoms with Gasteiger partial charge >= 0.3 is 6.18 Å². The third-order valence-electron chi connectivity index (χ3n) is 4.46. The molecule has 1 heterocycles. The Morgan fingerprint density at radius 2 is 1.52 bits per heavy atom. The Balaban J connectivity index is 2.03. The summed E-state index contributed by atoms with van der Waals surface area (Å²) < 4.78 is 51.1. The number of hydrogen-bond donors (Lipinski definition) is 0. The Morgan fingerprint density at radius 3 is 2.11 bits per heavy atom. The lowest BCUT2D eigenvalue weighted by molar-refractivity contribution is -0.137. The fourth-order valence-electron chi connectivity index (χ4n) is 3.21. The van der Waals surface area contributed by atoms with Crippen LogP contribution in [0.4, 0.5) is 13.2 Å². The molecule has 0 fully saturated rings. The van der Waals surface area contributed by atoms with E-state index in [1.54, 1.807) is 11.8 Å². The molecule has 0 N–H and O–H groups in total. The van der Waals surface area contributed by atoms with E-state index in [1.165, 1.54) is 19.2 Å². The molecule has 0 atom stereocenters. The third-order valence-corrected chi connectivity index (χ3v) is 4.46. The second kappa shape index (κ2) is 6.19. The van der Waals surface area contributed by atoms with Crippen LogP contribution in [0.25, 0.3) is 27.4 Å². The molecule has 27 heavy (non-hydrogen) atoms. The van der Waals surface area contributed by atoms with Crippen LogP contribution in [-0.2, 0) is 6.18 Å². The highest BCUT2D eigenvalue weighted by molar-refractivity contribution is 6.10. The molecule has 138 valence electrons. The molecule has 0 saturated carbocycles. The molecule has 1 aromatic heterocycles. The summed E-state index contributed by atoms with van der Waals surface area (Å²) in [5.74, 6) is 1.04. The molecule has 3 aromatic carbocycles. The van der Waals surface area contributed by atoms with Gasteiger partial charge in [-0.3, -0.25) is 0 Å². The normalized spacial score (nSPS) is 11.9. The van der Waals surface area contributed by atoms with Gasteiger partial charge in [-0.25, -0.2) is 4.68 Å². The Hall–Kier alpha value is -3.22. The second-order valence-electron chi connectivity index (χ2n) is 5.99. The summed E-state index contributed by atoms with van der Waals surface area (Å²) in [6.07, 6.45) is -4.39. The zero-order chi connectivity index (χ0) is 19.2. The van der Waals surface area contributed by atoms with Gasteiger partial charge in [-0.1, -0.05) is 24.3 Å². The molecule has 0 aliphatic carbocycles. The van der Waals surface area contributed by atoms with Crippen molar-refractivity contribution in [2.45, 2.75) is 6.18 Å². The minimum Gasteiger partial charge on any atom is -0.496 e. The third kappa shape index (κ3) is 2.75. The van der Waals surface area contributed by atoms with Gasteiger partial charge in [0.1, 0.15) is 5.75 Å². The van der Waals surface area contributed by atoms with E-state index in [0.29, 0.717) is 22.7 Å². The van der Waals surface area contributed by atoms with Crippen LogP contribution in [0.2, 0.25) is 0 Å². The number of ether oxygens (including phenoxy) is 2. The summed E-state index contributed by atoms with van der Waals surface area (Å²) in [5.41, 5.74) is 0.538. The van der Waals surface area contributed by atoms with Gasteiger partial charge in [0.25, 0.3) is 0 Å². The highest BCUT2D eigenvalue weighted by atomic mass is 19.4. The molecule has 0 amide bonds. The van der Waals surface area contributed by atoms with Crippen LogP contribution in [0.3, 0.4) is 0 Å². The maximum atomic E-state index is 12.9. The van der Waals surface area contributed by atoms with Crippen LogP contribution in [0.15, 0.2) is 54.6 Å². The maximum Gasteiger partial charge on any atom is 0.416 e. The highest BCUT2D eigenvalue weighted by Crippen LogP contribution is 2.39. The first-order chi connectivity index (χ1) is 12.9. The Kier molecular flexibility index (Phi) is 3.95. The average molecular weight is 372 g/mol. The molecule has 4 nitrogen and oxygen atoms in total. The van der Waals surface area contributed by atoms with E-state index in [2.05, 4.69) is 5.10 Å². The second-order valence-corrected chi connectivity index (χ2v) is 5.99. The molecule has 0 unspecified atom stereocenters. The summed E-state index contributed by atoms with van der Waals surface area (Å²) in [5, 5.41) is 6.91. The van der Waals surface area contributed by atoms with Gasteiger partial charge in [0.15, 0.2) is 0 Å². The molecule has 0 saturated heterocycles. The summed E-state index contributed by atoms with van der Waals surface area (Å²) in [7, 11) is 3.08. The van der Waals surface area contributed by atoms with Crippen molar-refractivity contribution in [3.63, 3.8) is 0 Å². The Morgan fingerprint density at radius 1 is 0.852 bits per heavy atom. The maximum absolute atomic E-state index is 12.9. The molecule has 4 rings (SSSR count). The lowest BCUT2D eigenvalue weighted by atomic mass is 10.1. The number of nitrogens with zero attached hydrogens (tertiary/aromatic N) is 2. The monoisotopic (exact) mass is 372 g/mol. The van der Waals surface area contributed by atoms with Gasteiger partial charge in [0.05, 0.1) is 36.4 Å². The summed E-state index contributed by atoms with van der Waals surface area (Å²) in [6, 6.07) is 14.3. The van der Waals surface area contributed by atoms with Crippen LogP contribution in [0.5, 0.6) is 11.6 Å². The minimum atomic E-state index is -4.39. The predicted octanol–water partition coefficient (Wildman–Crippen LogP) is 5.21. The van der Waals surface area contributed by atoms with Gasteiger partial charge in [0.2, 0.25) is 5.88 Å². The van der Waals surface area contributed by atoms with Gasteiger partial charge < -0.3 is 9.47 Å². The van der Waals surface area contributed by atoms with E-state index in [9.17, 15) is 13.2 Å². The topological polar surface area (TPSA) is 36.3 Å². The van der Waals surface area contributed by atoms with E-state index in [1.807, 2.05) is 30.3 Å². The van der Waals surface area contributed by atoms with Crippen LogP contribution in [-0.4, -0.2) is 24.0 Å². The number of aromatic nitrogens is 2. The number of rotatable bonds is 3. The SMILES string of the molecule is COc1cc2c(OC)nn(-c3ccc(C(F)(F)F)cc3)c2c2ccccc12. The summed E-state index contributed by atoms with van der Waals surface area (Å²) >= 11 is 0. The van der Waals surface area contributed by atoms with Crippen molar-refractivity contribution in [3.05, 3.63) is 60.2 Å². The molecular weight excluding hydrogens is 357 g/mol. The van der Waals surface area contributed by atoms with Crippen molar-refractivity contribution >= 4 is 21.7 Å². The number of hydrogen-bond acceptors (Lipinski definition) is 3. The lowest BCUT2D eigenvalue weighted by Crippen LogP contribution is -2.05. The van der Waals surface area contributed by atoms with E-state index in [0.717, 1.165) is 28.4 Å². The predicted molar refractivity (Wildman–Crippen MR) is 96.7 cm³/mol. The molecule has 0 aliphatic heterocycles. The molecule has 0 radical (unpaired) electrons. The van der Waals surface area contributed by atoms with Gasteiger partial charge in [-0.2, -0.15) is 13.2 Å². The highest BCUT2D eigenvalue weighted by Gasteiger charge is 2.30. The molecular formula is C20H15F3N2O2. The molecule has 4 aromatic rings. The number of halogens is 3. The summed E-state index contributed by atoms with van der Waals surface area (Å²) in [4.78, 5) is 0. The average Bonchev–Trinajstić information content (AvgIpc) is 3.05. The quantitative estimate of drug-likeness (QED) is 0.495. The fraction of sp³-hybridized carbons (Fsp3) is 0.150. The first kappa shape index (κ1) is 17.2. The molecule has 7 heteroatoms. The van der Waals surface area contributed by atoms with E-state index < -0.39 is 11.7 Å². The van der Waals surface area contributed by atoms with Gasteiger partial charge in [-0.05, 0) is 30.3 Å². The van der Waals surface area contributed by atoms with Gasteiger partial charge in [0, 0.05) is 10.8 Å². The zero-order valence-corrected chi connectivity index (χ0v) is 14.5. The fourth-order valence-corrected chi connectivity index (χ4v) is 3.21. The van der Waals surface area contributed by atoms with E-state index in [4.69, 9.17) is 9.47 Å². The number of fused-ring (bicyclic) bond motifs is 3. The summed E-state index contributed by atoms with van der Waals surface area (Å²) in [6.45, 7) is 0. The first-order valence-electron chi connectivity index (χ1n) is 8.14. The number of alkyl halides is 3. The molecule has 0 bridgehead atoms. The van der Waals surface area contributed by atoms with Crippen molar-refractivity contribution in [2.24, 2.45) is 0 Å². The molecule has 0 spiro atoms. The van der Waals surface area contributed by atoms with Crippen LogP contribution in [0.1, 0.15) is 5.56 Å². The largest absolute Gasteiger partial charge is 0.496 e. The zero-order valence-electron chi connectivity index (χ0n) is 14.5. The number of benzene rings is 3.